The van der Waals surface area contributed by atoms with Gasteiger partial charge in [0.1, 0.15) is 17.5 Å². The number of carboxylic acids is 1. The smallest absolute Gasteiger partial charge is 0.306 e. The molecule has 9 nitrogen and oxygen atoms in total. The van der Waals surface area contributed by atoms with E-state index in [0.29, 0.717) is 18.5 Å². The van der Waals surface area contributed by atoms with E-state index in [4.69, 9.17) is 9.97 Å². The molecule has 0 bridgehead atoms. The van der Waals surface area contributed by atoms with Crippen LogP contribution >= 0.6 is 0 Å². The van der Waals surface area contributed by atoms with Gasteiger partial charge in [-0.2, -0.15) is 5.10 Å². The molecular formula is C37H52FN7O2. The molecule has 1 saturated carbocycles. The van der Waals surface area contributed by atoms with Crippen molar-refractivity contribution in [2.24, 2.45) is 11.8 Å². The number of carboxylic acid groups (broad SMARTS) is 1. The number of aromatic nitrogens is 4. The number of likely N-dealkylation sites (tertiary alicyclic amines) is 1. The van der Waals surface area contributed by atoms with Gasteiger partial charge in [0.05, 0.1) is 24.7 Å². The van der Waals surface area contributed by atoms with Gasteiger partial charge in [-0.1, -0.05) is 25.5 Å². The van der Waals surface area contributed by atoms with E-state index in [1.165, 1.54) is 25.3 Å². The number of carbonyl (C=O) groups is 1. The summed E-state index contributed by atoms with van der Waals surface area (Å²) in [6.45, 7) is 8.79. The normalized spacial score (nSPS) is 23.2. The fourth-order valence-corrected chi connectivity index (χ4v) is 8.07. The monoisotopic (exact) mass is 645 g/mol. The second kappa shape index (κ2) is 15.7. The van der Waals surface area contributed by atoms with Gasteiger partial charge in [-0.3, -0.25) is 9.48 Å². The van der Waals surface area contributed by atoms with Gasteiger partial charge in [0, 0.05) is 42.1 Å². The lowest BCUT2D eigenvalue weighted by molar-refractivity contribution is -0.143. The molecular weight excluding hydrogens is 593 g/mol. The van der Waals surface area contributed by atoms with Crippen molar-refractivity contribution in [3.05, 3.63) is 70.7 Å². The van der Waals surface area contributed by atoms with Gasteiger partial charge in [-0.25, -0.2) is 14.4 Å². The van der Waals surface area contributed by atoms with Crippen LogP contribution in [0.2, 0.25) is 0 Å². The van der Waals surface area contributed by atoms with Gasteiger partial charge in [-0.05, 0) is 114 Å². The predicted molar refractivity (Wildman–Crippen MR) is 182 cm³/mol. The summed E-state index contributed by atoms with van der Waals surface area (Å²) in [5.74, 6) is 1.28. The number of nitrogens with zero attached hydrogens (tertiary/aromatic N) is 5. The number of rotatable bonds is 13. The first-order valence-corrected chi connectivity index (χ1v) is 18.0. The van der Waals surface area contributed by atoms with Crippen molar-refractivity contribution >= 4 is 11.8 Å². The Bertz CT molecular complexity index is 1480. The number of hydrogen-bond donors (Lipinski definition) is 3. The Hall–Kier alpha value is -3.37. The Morgan fingerprint density at radius 2 is 1.89 bits per heavy atom. The summed E-state index contributed by atoms with van der Waals surface area (Å²) in [4.78, 5) is 24.4. The molecule has 1 saturated heterocycles. The lowest BCUT2D eigenvalue weighted by Gasteiger charge is -2.33. The highest BCUT2D eigenvalue weighted by atomic mass is 19.1. The number of aryl methyl sites for hydroxylation is 2. The average Bonchev–Trinajstić information content (AvgIpc) is 3.58. The zero-order chi connectivity index (χ0) is 32.8. The van der Waals surface area contributed by atoms with Gasteiger partial charge in [-0.15, -0.1) is 0 Å². The van der Waals surface area contributed by atoms with Crippen LogP contribution in [0.4, 0.5) is 10.2 Å². The number of hydrogen-bond acceptors (Lipinski definition) is 7. The number of fused-ring (bicyclic) bond motifs is 1. The molecule has 6 rings (SSSR count). The van der Waals surface area contributed by atoms with Crippen LogP contribution in [0.3, 0.4) is 0 Å². The average molecular weight is 646 g/mol. The Morgan fingerprint density at radius 1 is 1.09 bits per heavy atom. The molecule has 1 aliphatic heterocycles. The highest BCUT2D eigenvalue weighted by Gasteiger charge is 2.31. The quantitative estimate of drug-likeness (QED) is 0.193. The van der Waals surface area contributed by atoms with E-state index in [-0.39, 0.29) is 23.7 Å². The summed E-state index contributed by atoms with van der Waals surface area (Å²) in [6.07, 6.45) is 14.7. The van der Waals surface area contributed by atoms with Crippen molar-refractivity contribution in [2.75, 3.05) is 25.0 Å². The van der Waals surface area contributed by atoms with Crippen LogP contribution in [0.25, 0.3) is 0 Å². The topological polar surface area (TPSA) is 108 Å². The number of nitrogens with one attached hydrogen (secondary N) is 2. The lowest BCUT2D eigenvalue weighted by Crippen LogP contribution is -2.38. The first kappa shape index (κ1) is 33.5. The lowest BCUT2D eigenvalue weighted by atomic mass is 9.78. The molecule has 3 atom stereocenters. The molecule has 2 fully saturated rings. The van der Waals surface area contributed by atoms with Crippen molar-refractivity contribution in [3.63, 3.8) is 0 Å². The zero-order valence-corrected chi connectivity index (χ0v) is 28.1. The number of piperidine rings is 1. The summed E-state index contributed by atoms with van der Waals surface area (Å²) in [5, 5.41) is 21.8. The molecule has 3 N–H and O–H groups in total. The van der Waals surface area contributed by atoms with Crippen LogP contribution in [0.15, 0.2) is 36.7 Å². The second-order valence-electron chi connectivity index (χ2n) is 13.9. The van der Waals surface area contributed by atoms with Crippen molar-refractivity contribution in [2.45, 2.75) is 116 Å². The van der Waals surface area contributed by atoms with E-state index in [1.54, 1.807) is 6.07 Å². The minimum Gasteiger partial charge on any atom is -0.481 e. The van der Waals surface area contributed by atoms with E-state index in [1.807, 2.05) is 23.0 Å². The van der Waals surface area contributed by atoms with Gasteiger partial charge in [0.2, 0.25) is 0 Å². The number of anilines is 1. The second-order valence-corrected chi connectivity index (χ2v) is 13.9. The molecule has 2 aliphatic carbocycles. The van der Waals surface area contributed by atoms with Crippen molar-refractivity contribution in [3.8, 4) is 0 Å². The molecule has 3 aliphatic rings. The van der Waals surface area contributed by atoms with Gasteiger partial charge >= 0.3 is 5.97 Å². The summed E-state index contributed by atoms with van der Waals surface area (Å²) in [6, 6.07) is 7.36. The molecule has 3 heterocycles. The van der Waals surface area contributed by atoms with Gasteiger partial charge in [0.25, 0.3) is 0 Å². The summed E-state index contributed by atoms with van der Waals surface area (Å²) < 4.78 is 16.2. The third kappa shape index (κ3) is 8.38. The van der Waals surface area contributed by atoms with Crippen molar-refractivity contribution in [1.82, 2.24) is 30.0 Å². The molecule has 0 unspecified atom stereocenters. The standard InChI is InChI=1S/C37H52FN7O2/c1-3-32(25-11-13-26(14-12-25)37(46)47)39-22-35-41-33-16-15-28(27-9-8-10-30(38)19-27)20-31(33)36(43-35)42-34(24-44-17-6-5-7-18-44)29-21-40-45(4-2)23-29/h8-10,19,21,23,25-26,28,32,34,39H,3-7,11-18,20,22,24H2,1-2H3,(H,46,47)(H,41,42,43)/t25?,26?,28-,32-,34+/m1/s1. The number of benzene rings is 1. The third-order valence-corrected chi connectivity index (χ3v) is 10.9. The fraction of sp³-hybridized carbons (Fsp3) is 0.622. The zero-order valence-electron chi connectivity index (χ0n) is 28.1. The van der Waals surface area contributed by atoms with Crippen LogP contribution in [0, 0.1) is 17.7 Å². The molecule has 10 heteroatoms. The first-order valence-electron chi connectivity index (χ1n) is 18.0. The third-order valence-electron chi connectivity index (χ3n) is 10.9. The SMILES string of the molecule is CC[C@@H](NCc1nc2c(c(N[C@@H](CN3CCCCC3)c3cnn(CC)c3)n1)C[C@H](c1cccc(F)c1)CC2)C1CCC(C(=O)O)CC1. The molecule has 3 aromatic rings. The van der Waals surface area contributed by atoms with Crippen molar-refractivity contribution in [1.29, 1.82) is 0 Å². The van der Waals surface area contributed by atoms with Crippen molar-refractivity contribution < 1.29 is 14.3 Å². The van der Waals surface area contributed by atoms with Crippen LogP contribution in [-0.4, -0.2) is 61.4 Å². The molecule has 254 valence electrons. The van der Waals surface area contributed by atoms with E-state index in [9.17, 15) is 14.3 Å². The Balaban J connectivity index is 1.27. The summed E-state index contributed by atoms with van der Waals surface area (Å²) in [7, 11) is 0. The molecule has 0 radical (unpaired) electrons. The first-order chi connectivity index (χ1) is 22.9. The van der Waals surface area contributed by atoms with Gasteiger partial charge < -0.3 is 20.6 Å². The Morgan fingerprint density at radius 3 is 2.60 bits per heavy atom. The minimum atomic E-state index is -0.660. The molecule has 0 spiro atoms. The van der Waals surface area contributed by atoms with E-state index < -0.39 is 5.97 Å². The van der Waals surface area contributed by atoms with Gasteiger partial charge in [0.15, 0.2) is 0 Å². The van der Waals surface area contributed by atoms with E-state index >= 15 is 0 Å². The van der Waals surface area contributed by atoms with Crippen LogP contribution < -0.4 is 10.6 Å². The maximum absolute atomic E-state index is 14.2. The predicted octanol–water partition coefficient (Wildman–Crippen LogP) is 6.50. The maximum Gasteiger partial charge on any atom is 0.306 e. The highest BCUT2D eigenvalue weighted by Crippen LogP contribution is 2.37. The maximum atomic E-state index is 14.2. The highest BCUT2D eigenvalue weighted by molar-refractivity contribution is 5.70. The number of aliphatic carboxylic acids is 1. The fourth-order valence-electron chi connectivity index (χ4n) is 8.07. The molecule has 2 aromatic heterocycles. The molecule has 1 aromatic carbocycles. The van der Waals surface area contributed by atoms with Crippen LogP contribution in [-0.2, 0) is 30.7 Å². The number of halogens is 1. The molecule has 0 amide bonds. The van der Waals surface area contributed by atoms with E-state index in [0.717, 1.165) is 112 Å². The van der Waals surface area contributed by atoms with E-state index in [2.05, 4.69) is 40.7 Å². The minimum absolute atomic E-state index is 0.0237. The van der Waals surface area contributed by atoms with Crippen LogP contribution in [0.5, 0.6) is 0 Å². The summed E-state index contributed by atoms with van der Waals surface area (Å²) >= 11 is 0. The van der Waals surface area contributed by atoms with Crippen LogP contribution in [0.1, 0.15) is 112 Å². The Kier molecular flexibility index (Phi) is 11.2. The summed E-state index contributed by atoms with van der Waals surface area (Å²) in [5.41, 5.74) is 4.41. The Labute approximate surface area is 278 Å². The molecule has 47 heavy (non-hydrogen) atoms. The largest absolute Gasteiger partial charge is 0.481 e.